The normalized spacial score (nSPS) is 12.3. The number of nitriles is 1. The molecule has 7 heteroatoms. The minimum Gasteiger partial charge on any atom is -0.489 e. The van der Waals surface area contributed by atoms with Crippen molar-refractivity contribution in [2.24, 2.45) is 0 Å². The molecule has 1 atom stereocenters. The van der Waals surface area contributed by atoms with Crippen LogP contribution in [0.15, 0.2) is 82.6 Å². The van der Waals surface area contributed by atoms with Crippen molar-refractivity contribution in [3.05, 3.63) is 88.9 Å². The van der Waals surface area contributed by atoms with Crippen LogP contribution in [0.25, 0.3) is 0 Å². The zero-order valence-corrected chi connectivity index (χ0v) is 22.9. The van der Waals surface area contributed by atoms with Crippen molar-refractivity contribution in [2.75, 3.05) is 7.11 Å². The van der Waals surface area contributed by atoms with Gasteiger partial charge in [-0.15, -0.1) is 0 Å². The van der Waals surface area contributed by atoms with Gasteiger partial charge in [0, 0.05) is 9.79 Å². The van der Waals surface area contributed by atoms with E-state index in [4.69, 9.17) is 21.1 Å². The molecular weight excluding hydrogens is 504 g/mol. The molecule has 0 saturated heterocycles. The summed E-state index contributed by atoms with van der Waals surface area (Å²) in [5.41, 5.74) is 1.58. The SMILES string of the molecule is CCCC(CC#N)(CCCc1cccc(Sc2ccc(OCc3ccccc3)cc2)c1Cl)NC(=O)OC. The van der Waals surface area contributed by atoms with Crippen LogP contribution in [0.4, 0.5) is 4.79 Å². The fraction of sp³-hybridized carbons (Fsp3) is 0.333. The highest BCUT2D eigenvalue weighted by Crippen LogP contribution is 2.37. The van der Waals surface area contributed by atoms with E-state index in [1.54, 1.807) is 11.8 Å². The number of nitrogens with zero attached hydrogens (tertiary/aromatic N) is 1. The maximum absolute atomic E-state index is 11.9. The second-order valence-electron chi connectivity index (χ2n) is 8.91. The molecule has 1 amide bonds. The Kier molecular flexibility index (Phi) is 11.2. The molecule has 0 aliphatic carbocycles. The molecule has 5 nitrogen and oxygen atoms in total. The lowest BCUT2D eigenvalue weighted by atomic mass is 9.84. The smallest absolute Gasteiger partial charge is 0.407 e. The van der Waals surface area contributed by atoms with Crippen LogP contribution in [-0.4, -0.2) is 18.7 Å². The summed E-state index contributed by atoms with van der Waals surface area (Å²) in [5.74, 6) is 0.821. The minimum atomic E-state index is -0.597. The maximum atomic E-state index is 11.9. The zero-order valence-electron chi connectivity index (χ0n) is 21.3. The van der Waals surface area contributed by atoms with Crippen molar-refractivity contribution >= 4 is 29.5 Å². The van der Waals surface area contributed by atoms with Gasteiger partial charge >= 0.3 is 6.09 Å². The first-order valence-corrected chi connectivity index (χ1v) is 13.6. The summed E-state index contributed by atoms with van der Waals surface area (Å²) < 4.78 is 10.7. The van der Waals surface area contributed by atoms with Gasteiger partial charge < -0.3 is 14.8 Å². The molecular formula is C30H33ClN2O3S. The second kappa shape index (κ2) is 14.6. The molecule has 0 aliphatic rings. The highest BCUT2D eigenvalue weighted by atomic mass is 35.5. The average Bonchev–Trinajstić information content (AvgIpc) is 2.91. The van der Waals surface area contributed by atoms with Gasteiger partial charge in [-0.25, -0.2) is 4.79 Å². The maximum Gasteiger partial charge on any atom is 0.407 e. The van der Waals surface area contributed by atoms with Crippen molar-refractivity contribution in [1.82, 2.24) is 5.32 Å². The highest BCUT2D eigenvalue weighted by Gasteiger charge is 2.31. The van der Waals surface area contributed by atoms with E-state index in [-0.39, 0.29) is 6.42 Å². The Bertz CT molecular complexity index is 1180. The number of carbonyl (C=O) groups is 1. The molecule has 3 aromatic rings. The Labute approximate surface area is 229 Å². The van der Waals surface area contributed by atoms with Crippen LogP contribution in [0.2, 0.25) is 5.02 Å². The average molecular weight is 537 g/mol. The van der Waals surface area contributed by atoms with E-state index >= 15 is 0 Å². The Morgan fingerprint density at radius 1 is 1.05 bits per heavy atom. The number of methoxy groups -OCH3 is 1. The number of nitrogens with one attached hydrogen (secondary N) is 1. The number of ether oxygens (including phenoxy) is 2. The van der Waals surface area contributed by atoms with Crippen LogP contribution in [0.1, 0.15) is 50.2 Å². The van der Waals surface area contributed by atoms with Crippen molar-refractivity contribution < 1.29 is 14.3 Å². The van der Waals surface area contributed by atoms with Crippen molar-refractivity contribution in [3.63, 3.8) is 0 Å². The number of benzene rings is 3. The monoisotopic (exact) mass is 536 g/mol. The first kappa shape index (κ1) is 28.4. The van der Waals surface area contributed by atoms with Gasteiger partial charge in [0.2, 0.25) is 0 Å². The number of hydrogen-bond donors (Lipinski definition) is 1. The van der Waals surface area contributed by atoms with E-state index < -0.39 is 11.6 Å². The number of alkyl carbamates (subject to hydrolysis) is 1. The lowest BCUT2D eigenvalue weighted by Gasteiger charge is -2.32. The molecule has 3 rings (SSSR count). The summed E-state index contributed by atoms with van der Waals surface area (Å²) in [5, 5.41) is 13.0. The second-order valence-corrected chi connectivity index (χ2v) is 10.4. The van der Waals surface area contributed by atoms with Gasteiger partial charge in [0.25, 0.3) is 0 Å². The lowest BCUT2D eigenvalue weighted by Crippen LogP contribution is -2.48. The molecule has 1 unspecified atom stereocenters. The Morgan fingerprint density at radius 3 is 2.49 bits per heavy atom. The summed E-state index contributed by atoms with van der Waals surface area (Å²) in [6.07, 6.45) is 3.51. The van der Waals surface area contributed by atoms with Crippen LogP contribution in [-0.2, 0) is 17.8 Å². The molecule has 194 valence electrons. The van der Waals surface area contributed by atoms with E-state index in [1.807, 2.05) is 79.7 Å². The molecule has 0 spiro atoms. The number of carbonyl (C=O) groups excluding carboxylic acids is 1. The molecule has 0 saturated carbocycles. The Morgan fingerprint density at radius 2 is 1.81 bits per heavy atom. The van der Waals surface area contributed by atoms with Gasteiger partial charge in [0.15, 0.2) is 0 Å². The van der Waals surface area contributed by atoms with Crippen molar-refractivity contribution in [1.29, 1.82) is 5.26 Å². The number of halogens is 1. The van der Waals surface area contributed by atoms with Gasteiger partial charge in [-0.1, -0.05) is 79.2 Å². The highest BCUT2D eigenvalue weighted by molar-refractivity contribution is 7.99. The molecule has 3 aromatic carbocycles. The van der Waals surface area contributed by atoms with Gasteiger partial charge in [0.1, 0.15) is 12.4 Å². The third-order valence-electron chi connectivity index (χ3n) is 6.14. The summed E-state index contributed by atoms with van der Waals surface area (Å²) in [4.78, 5) is 14.0. The van der Waals surface area contributed by atoms with E-state index in [2.05, 4.69) is 11.4 Å². The van der Waals surface area contributed by atoms with Crippen molar-refractivity contribution in [2.45, 2.75) is 67.4 Å². The first-order valence-electron chi connectivity index (χ1n) is 12.4. The van der Waals surface area contributed by atoms with E-state index in [1.165, 1.54) is 7.11 Å². The minimum absolute atomic E-state index is 0.241. The topological polar surface area (TPSA) is 71.3 Å². The van der Waals surface area contributed by atoms with Crippen LogP contribution >= 0.6 is 23.4 Å². The number of hydrogen-bond acceptors (Lipinski definition) is 5. The predicted octanol–water partition coefficient (Wildman–Crippen LogP) is 8.20. The molecule has 0 heterocycles. The number of aryl methyl sites for hydroxylation is 1. The molecule has 1 N–H and O–H groups in total. The Hall–Kier alpha value is -3.14. The van der Waals surface area contributed by atoms with Gasteiger partial charge in [-0.2, -0.15) is 5.26 Å². The van der Waals surface area contributed by atoms with Gasteiger partial charge in [-0.3, -0.25) is 0 Å². The van der Waals surface area contributed by atoms with Gasteiger partial charge in [-0.05, 0) is 67.1 Å². The Balaban J connectivity index is 1.61. The third kappa shape index (κ3) is 8.73. The fourth-order valence-electron chi connectivity index (χ4n) is 4.29. The molecule has 0 fully saturated rings. The summed E-state index contributed by atoms with van der Waals surface area (Å²) in [6.45, 7) is 2.58. The third-order valence-corrected chi connectivity index (χ3v) is 7.77. The predicted molar refractivity (Wildman–Crippen MR) is 149 cm³/mol. The van der Waals surface area contributed by atoms with E-state index in [0.29, 0.717) is 19.4 Å². The summed E-state index contributed by atoms with van der Waals surface area (Å²) in [6, 6.07) is 26.4. The number of rotatable bonds is 13. The van der Waals surface area contributed by atoms with E-state index in [0.717, 1.165) is 51.0 Å². The van der Waals surface area contributed by atoms with E-state index in [9.17, 15) is 10.1 Å². The molecule has 0 bridgehead atoms. The molecule has 37 heavy (non-hydrogen) atoms. The summed E-state index contributed by atoms with van der Waals surface area (Å²) in [7, 11) is 1.34. The molecule has 0 radical (unpaired) electrons. The van der Waals surface area contributed by atoms with Crippen LogP contribution in [0.3, 0.4) is 0 Å². The lowest BCUT2D eigenvalue weighted by molar-refractivity contribution is 0.150. The van der Waals surface area contributed by atoms with Crippen LogP contribution in [0.5, 0.6) is 5.75 Å². The number of amides is 1. The largest absolute Gasteiger partial charge is 0.489 e. The molecule has 0 aromatic heterocycles. The molecule has 0 aliphatic heterocycles. The van der Waals surface area contributed by atoms with Gasteiger partial charge in [0.05, 0.1) is 30.2 Å². The quantitative estimate of drug-likeness (QED) is 0.238. The standard InChI is InChI=1S/C30H33ClN2O3S/c1-3-18-30(20-21-32,33-29(34)35-2)19-8-12-24-11-7-13-27(28(24)31)37-26-16-14-25(15-17-26)36-22-23-9-5-4-6-10-23/h4-7,9-11,13-17H,3,8,12,18-20,22H2,1-2H3,(H,33,34). The summed E-state index contributed by atoms with van der Waals surface area (Å²) >= 11 is 8.41. The van der Waals surface area contributed by atoms with Crippen LogP contribution < -0.4 is 10.1 Å². The zero-order chi connectivity index (χ0) is 26.5. The van der Waals surface area contributed by atoms with Crippen LogP contribution in [0, 0.1) is 11.3 Å². The first-order chi connectivity index (χ1) is 18.0. The van der Waals surface area contributed by atoms with Crippen molar-refractivity contribution in [3.8, 4) is 11.8 Å². The fourth-order valence-corrected chi connectivity index (χ4v) is 5.52.